The van der Waals surface area contributed by atoms with Crippen LogP contribution in [0.2, 0.25) is 0 Å². The summed E-state index contributed by atoms with van der Waals surface area (Å²) < 4.78 is 5.31. The van der Waals surface area contributed by atoms with Crippen molar-refractivity contribution in [1.82, 2.24) is 9.97 Å². The summed E-state index contributed by atoms with van der Waals surface area (Å²) in [6.45, 7) is 1.95. The van der Waals surface area contributed by atoms with E-state index in [-0.39, 0.29) is 5.91 Å². The van der Waals surface area contributed by atoms with Crippen LogP contribution in [0.5, 0.6) is 5.75 Å². The first kappa shape index (κ1) is 18.4. The standard InChI is InChI=1S/C23H20N4O2/c1-15-8-11-21(29-2)20(13-15)27-23(28)19-10-9-17(14-25-19)26-18-7-3-5-16-6-4-12-24-22(16)18/h3-14,26H,1-2H3,(H,27,28). The Balaban J connectivity index is 1.52. The van der Waals surface area contributed by atoms with E-state index in [2.05, 4.69) is 20.6 Å². The maximum atomic E-state index is 12.6. The number of pyridine rings is 2. The second kappa shape index (κ2) is 7.98. The van der Waals surface area contributed by atoms with Crippen molar-refractivity contribution in [1.29, 1.82) is 0 Å². The smallest absolute Gasteiger partial charge is 0.274 e. The molecular weight excluding hydrogens is 364 g/mol. The number of nitrogens with zero attached hydrogens (tertiary/aromatic N) is 2. The van der Waals surface area contributed by atoms with Gasteiger partial charge in [0, 0.05) is 11.6 Å². The van der Waals surface area contributed by atoms with Crippen molar-refractivity contribution >= 4 is 33.9 Å². The molecule has 2 heterocycles. The fourth-order valence-corrected chi connectivity index (χ4v) is 3.07. The first-order valence-corrected chi connectivity index (χ1v) is 9.17. The Morgan fingerprint density at radius 2 is 1.83 bits per heavy atom. The van der Waals surface area contributed by atoms with Gasteiger partial charge in [-0.15, -0.1) is 0 Å². The lowest BCUT2D eigenvalue weighted by Crippen LogP contribution is -2.14. The Morgan fingerprint density at radius 3 is 2.62 bits per heavy atom. The number of nitrogens with one attached hydrogen (secondary N) is 2. The number of para-hydroxylation sites is 1. The Morgan fingerprint density at radius 1 is 0.966 bits per heavy atom. The van der Waals surface area contributed by atoms with Crippen molar-refractivity contribution in [3.05, 3.63) is 84.3 Å². The summed E-state index contributed by atoms with van der Waals surface area (Å²) in [5, 5.41) is 7.22. The molecule has 0 spiro atoms. The van der Waals surface area contributed by atoms with E-state index in [1.54, 1.807) is 25.6 Å². The molecule has 0 fully saturated rings. The number of ether oxygens (including phenoxy) is 1. The monoisotopic (exact) mass is 384 g/mol. The quantitative estimate of drug-likeness (QED) is 0.509. The number of fused-ring (bicyclic) bond motifs is 1. The van der Waals surface area contributed by atoms with Gasteiger partial charge in [-0.05, 0) is 48.9 Å². The summed E-state index contributed by atoms with van der Waals surface area (Å²) >= 11 is 0. The van der Waals surface area contributed by atoms with Gasteiger partial charge in [-0.25, -0.2) is 4.98 Å². The van der Waals surface area contributed by atoms with Gasteiger partial charge in [-0.1, -0.05) is 24.3 Å². The molecule has 0 aliphatic carbocycles. The minimum Gasteiger partial charge on any atom is -0.495 e. The minimum atomic E-state index is -0.299. The number of rotatable bonds is 5. The topological polar surface area (TPSA) is 76.1 Å². The molecule has 0 atom stereocenters. The molecule has 0 bridgehead atoms. The van der Waals surface area contributed by atoms with Crippen LogP contribution >= 0.6 is 0 Å². The van der Waals surface area contributed by atoms with E-state index in [0.29, 0.717) is 17.1 Å². The number of hydrogen-bond acceptors (Lipinski definition) is 5. The van der Waals surface area contributed by atoms with Crippen molar-refractivity contribution in [2.45, 2.75) is 6.92 Å². The Hall–Kier alpha value is -3.93. The van der Waals surface area contributed by atoms with Gasteiger partial charge in [0.05, 0.1) is 35.9 Å². The van der Waals surface area contributed by atoms with Gasteiger partial charge in [0.2, 0.25) is 0 Å². The number of benzene rings is 2. The number of aromatic nitrogens is 2. The third-order valence-electron chi connectivity index (χ3n) is 4.51. The van der Waals surface area contributed by atoms with E-state index >= 15 is 0 Å². The van der Waals surface area contributed by atoms with Crippen LogP contribution in [0.4, 0.5) is 17.1 Å². The van der Waals surface area contributed by atoms with Crippen molar-refractivity contribution < 1.29 is 9.53 Å². The molecule has 2 aromatic carbocycles. The van der Waals surface area contributed by atoms with Gasteiger partial charge < -0.3 is 15.4 Å². The molecule has 4 rings (SSSR count). The number of methoxy groups -OCH3 is 1. The average molecular weight is 384 g/mol. The molecule has 6 heteroatoms. The number of anilines is 3. The van der Waals surface area contributed by atoms with Gasteiger partial charge in [0.1, 0.15) is 11.4 Å². The second-order valence-electron chi connectivity index (χ2n) is 6.60. The van der Waals surface area contributed by atoms with E-state index in [1.165, 1.54) is 0 Å². The molecule has 0 unspecified atom stereocenters. The average Bonchev–Trinajstić information content (AvgIpc) is 2.75. The second-order valence-corrected chi connectivity index (χ2v) is 6.60. The Bertz CT molecular complexity index is 1170. The number of carbonyl (C=O) groups excluding carboxylic acids is 1. The van der Waals surface area contributed by atoms with Crippen molar-refractivity contribution in [2.75, 3.05) is 17.7 Å². The van der Waals surface area contributed by atoms with Gasteiger partial charge in [-0.3, -0.25) is 9.78 Å². The van der Waals surface area contributed by atoms with Crippen LogP contribution in [0.15, 0.2) is 73.1 Å². The molecule has 0 saturated heterocycles. The van der Waals surface area contributed by atoms with Gasteiger partial charge in [0.25, 0.3) is 5.91 Å². The van der Waals surface area contributed by atoms with E-state index in [4.69, 9.17) is 4.74 Å². The molecular formula is C23H20N4O2. The number of carbonyl (C=O) groups is 1. The summed E-state index contributed by atoms with van der Waals surface area (Å²) in [5.74, 6) is 0.304. The molecule has 6 nitrogen and oxygen atoms in total. The van der Waals surface area contributed by atoms with Gasteiger partial charge in [0.15, 0.2) is 0 Å². The van der Waals surface area contributed by atoms with Crippen molar-refractivity contribution in [3.63, 3.8) is 0 Å². The maximum Gasteiger partial charge on any atom is 0.274 e. The van der Waals surface area contributed by atoms with Gasteiger partial charge in [-0.2, -0.15) is 0 Å². The first-order valence-electron chi connectivity index (χ1n) is 9.17. The predicted molar refractivity (Wildman–Crippen MR) is 115 cm³/mol. The zero-order chi connectivity index (χ0) is 20.2. The van der Waals surface area contributed by atoms with Crippen LogP contribution < -0.4 is 15.4 Å². The highest BCUT2D eigenvalue weighted by molar-refractivity contribution is 6.04. The van der Waals surface area contributed by atoms with Gasteiger partial charge >= 0.3 is 0 Å². The molecule has 0 aliphatic heterocycles. The molecule has 0 radical (unpaired) electrons. The SMILES string of the molecule is COc1ccc(C)cc1NC(=O)c1ccc(Nc2cccc3cccnc23)cn1. The highest BCUT2D eigenvalue weighted by atomic mass is 16.5. The summed E-state index contributed by atoms with van der Waals surface area (Å²) in [7, 11) is 1.57. The Labute approximate surface area is 168 Å². The molecule has 144 valence electrons. The largest absolute Gasteiger partial charge is 0.495 e. The summed E-state index contributed by atoms with van der Waals surface area (Å²) in [6.07, 6.45) is 3.39. The number of aryl methyl sites for hydroxylation is 1. The first-order chi connectivity index (χ1) is 14.1. The van der Waals surface area contributed by atoms with E-state index in [1.807, 2.05) is 61.5 Å². The van der Waals surface area contributed by atoms with E-state index in [0.717, 1.165) is 27.8 Å². The van der Waals surface area contributed by atoms with Crippen LogP contribution in [-0.4, -0.2) is 23.0 Å². The lowest BCUT2D eigenvalue weighted by atomic mass is 10.2. The van der Waals surface area contributed by atoms with Crippen LogP contribution in [-0.2, 0) is 0 Å². The zero-order valence-corrected chi connectivity index (χ0v) is 16.1. The molecule has 1 amide bonds. The fraction of sp³-hybridized carbons (Fsp3) is 0.0870. The molecule has 0 saturated carbocycles. The van der Waals surface area contributed by atoms with Crippen LogP contribution in [0.1, 0.15) is 16.1 Å². The normalized spacial score (nSPS) is 10.6. The Kier molecular flexibility index (Phi) is 5.07. The predicted octanol–water partition coefficient (Wildman–Crippen LogP) is 4.94. The number of amides is 1. The lowest BCUT2D eigenvalue weighted by molar-refractivity contribution is 0.102. The van der Waals surface area contributed by atoms with Crippen LogP contribution in [0, 0.1) is 6.92 Å². The summed E-state index contributed by atoms with van der Waals surface area (Å²) in [4.78, 5) is 21.3. The molecule has 4 aromatic rings. The molecule has 29 heavy (non-hydrogen) atoms. The molecule has 2 aromatic heterocycles. The van der Waals surface area contributed by atoms with Crippen molar-refractivity contribution in [3.8, 4) is 5.75 Å². The fourth-order valence-electron chi connectivity index (χ4n) is 3.07. The van der Waals surface area contributed by atoms with E-state index in [9.17, 15) is 4.79 Å². The third kappa shape index (κ3) is 4.01. The van der Waals surface area contributed by atoms with Crippen LogP contribution in [0.25, 0.3) is 10.9 Å². The summed E-state index contributed by atoms with van der Waals surface area (Å²) in [6, 6.07) is 19.0. The highest BCUT2D eigenvalue weighted by Gasteiger charge is 2.11. The third-order valence-corrected chi connectivity index (χ3v) is 4.51. The molecule has 2 N–H and O–H groups in total. The highest BCUT2D eigenvalue weighted by Crippen LogP contribution is 2.26. The van der Waals surface area contributed by atoms with Crippen molar-refractivity contribution in [2.24, 2.45) is 0 Å². The maximum absolute atomic E-state index is 12.6. The van der Waals surface area contributed by atoms with Crippen LogP contribution in [0.3, 0.4) is 0 Å². The number of hydrogen-bond donors (Lipinski definition) is 2. The molecule has 0 aliphatic rings. The van der Waals surface area contributed by atoms with E-state index < -0.39 is 0 Å². The lowest BCUT2D eigenvalue weighted by Gasteiger charge is -2.11. The minimum absolute atomic E-state index is 0.299. The zero-order valence-electron chi connectivity index (χ0n) is 16.1. The summed E-state index contributed by atoms with van der Waals surface area (Å²) in [5.41, 5.74) is 4.48.